The third-order valence-electron chi connectivity index (χ3n) is 3.43. The Hall–Kier alpha value is -0.880. The second kappa shape index (κ2) is 4.10. The summed E-state index contributed by atoms with van der Waals surface area (Å²) in [7, 11) is -3.15. The summed E-state index contributed by atoms with van der Waals surface area (Å²) >= 11 is 0. The van der Waals surface area contributed by atoms with Crippen LogP contribution in [0, 0.1) is 5.41 Å². The van der Waals surface area contributed by atoms with E-state index in [-0.39, 0.29) is 11.7 Å². The standard InChI is InChI=1S/C11H20N2O3S/c1-10(2,11(3,4)12)9(14)13-8-5-6-17(15,16)7-8/h5-6,8H,7,12H2,1-4H3,(H,13,14). The molecule has 1 amide bonds. The third kappa shape index (κ3) is 3.07. The lowest BCUT2D eigenvalue weighted by Gasteiger charge is -2.37. The van der Waals surface area contributed by atoms with Crippen LogP contribution in [-0.4, -0.2) is 31.7 Å². The van der Waals surface area contributed by atoms with Crippen LogP contribution >= 0.6 is 0 Å². The maximum atomic E-state index is 12.1. The van der Waals surface area contributed by atoms with Crippen molar-refractivity contribution in [2.24, 2.45) is 11.1 Å². The summed E-state index contributed by atoms with van der Waals surface area (Å²) in [6.07, 6.45) is 1.49. The highest BCUT2D eigenvalue weighted by molar-refractivity contribution is 7.94. The van der Waals surface area contributed by atoms with E-state index in [0.29, 0.717) is 0 Å². The van der Waals surface area contributed by atoms with Gasteiger partial charge in [-0.05, 0) is 33.8 Å². The van der Waals surface area contributed by atoms with Crippen molar-refractivity contribution in [3.05, 3.63) is 11.5 Å². The molecule has 1 aliphatic heterocycles. The number of sulfone groups is 1. The molecule has 0 radical (unpaired) electrons. The lowest BCUT2D eigenvalue weighted by Crippen LogP contribution is -2.57. The molecule has 1 unspecified atom stereocenters. The molecule has 0 saturated carbocycles. The summed E-state index contributed by atoms with van der Waals surface area (Å²) in [5, 5.41) is 3.83. The molecule has 1 atom stereocenters. The number of hydrogen-bond donors (Lipinski definition) is 2. The topological polar surface area (TPSA) is 89.3 Å². The molecule has 6 heteroatoms. The largest absolute Gasteiger partial charge is 0.348 e. The number of carbonyl (C=O) groups excluding carboxylic acids is 1. The van der Waals surface area contributed by atoms with Gasteiger partial charge in [0.25, 0.3) is 0 Å². The molecule has 1 rings (SSSR count). The van der Waals surface area contributed by atoms with Crippen LogP contribution in [0.1, 0.15) is 27.7 Å². The van der Waals surface area contributed by atoms with Gasteiger partial charge >= 0.3 is 0 Å². The predicted octanol–water partition coefficient (Wildman–Crippen LogP) is 0.177. The molecular weight excluding hydrogens is 240 g/mol. The monoisotopic (exact) mass is 260 g/mol. The molecule has 0 saturated heterocycles. The SMILES string of the molecule is CC(C)(N)C(C)(C)C(=O)NC1C=CS(=O)(=O)C1. The fourth-order valence-electron chi connectivity index (χ4n) is 1.31. The number of rotatable bonds is 3. The molecular formula is C11H20N2O3S. The zero-order valence-electron chi connectivity index (χ0n) is 10.6. The number of amides is 1. The highest BCUT2D eigenvalue weighted by Crippen LogP contribution is 2.28. The first-order valence-corrected chi connectivity index (χ1v) is 7.18. The second-order valence-electron chi connectivity index (χ2n) is 5.58. The van der Waals surface area contributed by atoms with Crippen LogP contribution < -0.4 is 11.1 Å². The maximum absolute atomic E-state index is 12.1. The zero-order chi connectivity index (χ0) is 13.5. The minimum absolute atomic E-state index is 0.0696. The van der Waals surface area contributed by atoms with E-state index < -0.39 is 26.8 Å². The molecule has 0 aromatic carbocycles. The lowest BCUT2D eigenvalue weighted by molar-refractivity contribution is -0.132. The summed E-state index contributed by atoms with van der Waals surface area (Å²) in [4.78, 5) is 12.1. The van der Waals surface area contributed by atoms with Crippen molar-refractivity contribution >= 4 is 15.7 Å². The molecule has 0 aliphatic carbocycles. The normalized spacial score (nSPS) is 23.7. The summed E-state index contributed by atoms with van der Waals surface area (Å²) < 4.78 is 22.4. The molecule has 3 N–H and O–H groups in total. The quantitative estimate of drug-likeness (QED) is 0.757. The van der Waals surface area contributed by atoms with Gasteiger partial charge in [-0.25, -0.2) is 8.42 Å². The van der Waals surface area contributed by atoms with Gasteiger partial charge in [-0.2, -0.15) is 0 Å². The van der Waals surface area contributed by atoms with Crippen LogP contribution in [0.15, 0.2) is 11.5 Å². The van der Waals surface area contributed by atoms with Crippen LogP contribution in [-0.2, 0) is 14.6 Å². The molecule has 0 spiro atoms. The smallest absolute Gasteiger partial charge is 0.227 e. The van der Waals surface area contributed by atoms with E-state index >= 15 is 0 Å². The molecule has 1 aliphatic rings. The van der Waals surface area contributed by atoms with Gasteiger partial charge < -0.3 is 11.1 Å². The van der Waals surface area contributed by atoms with Gasteiger partial charge in [0.15, 0.2) is 9.84 Å². The fraction of sp³-hybridized carbons (Fsp3) is 0.727. The molecule has 0 aromatic rings. The minimum Gasteiger partial charge on any atom is -0.348 e. The van der Waals surface area contributed by atoms with Crippen molar-refractivity contribution in [3.8, 4) is 0 Å². The molecule has 0 fully saturated rings. The summed E-state index contributed by atoms with van der Waals surface area (Å²) in [5.41, 5.74) is 4.49. The lowest BCUT2D eigenvalue weighted by atomic mass is 9.74. The molecule has 0 aromatic heterocycles. The Morgan fingerprint density at radius 3 is 2.24 bits per heavy atom. The average Bonchev–Trinajstić information content (AvgIpc) is 2.43. The molecule has 5 nitrogen and oxygen atoms in total. The van der Waals surface area contributed by atoms with Gasteiger partial charge in [0.1, 0.15) is 0 Å². The first kappa shape index (κ1) is 14.2. The maximum Gasteiger partial charge on any atom is 0.227 e. The van der Waals surface area contributed by atoms with Crippen LogP contribution in [0.3, 0.4) is 0 Å². The van der Waals surface area contributed by atoms with Gasteiger partial charge in [-0.15, -0.1) is 0 Å². The van der Waals surface area contributed by atoms with Crippen molar-refractivity contribution in [1.29, 1.82) is 0 Å². The number of nitrogens with one attached hydrogen (secondary N) is 1. The van der Waals surface area contributed by atoms with Crippen LogP contribution in [0.5, 0.6) is 0 Å². The summed E-state index contributed by atoms with van der Waals surface area (Å²) in [5.74, 6) is -0.309. The highest BCUT2D eigenvalue weighted by Gasteiger charge is 2.41. The van der Waals surface area contributed by atoms with Crippen LogP contribution in [0.25, 0.3) is 0 Å². The molecule has 0 bridgehead atoms. The third-order valence-corrected chi connectivity index (χ3v) is 4.82. The highest BCUT2D eigenvalue weighted by atomic mass is 32.2. The second-order valence-corrected chi connectivity index (χ2v) is 7.52. The number of hydrogen-bond acceptors (Lipinski definition) is 4. The van der Waals surface area contributed by atoms with E-state index in [2.05, 4.69) is 5.32 Å². The van der Waals surface area contributed by atoms with Gasteiger partial charge in [0, 0.05) is 10.9 Å². The Morgan fingerprint density at radius 2 is 1.88 bits per heavy atom. The van der Waals surface area contributed by atoms with Gasteiger partial charge in [0.2, 0.25) is 5.91 Å². The van der Waals surface area contributed by atoms with E-state index in [0.717, 1.165) is 5.41 Å². The molecule has 1 heterocycles. The molecule has 98 valence electrons. The summed E-state index contributed by atoms with van der Waals surface area (Å²) in [6, 6.07) is -0.450. The van der Waals surface area contributed by atoms with E-state index in [1.807, 2.05) is 0 Å². The Morgan fingerprint density at radius 1 is 1.35 bits per heavy atom. The van der Waals surface area contributed by atoms with Crippen molar-refractivity contribution in [3.63, 3.8) is 0 Å². The van der Waals surface area contributed by atoms with Crippen molar-refractivity contribution in [1.82, 2.24) is 5.32 Å². The van der Waals surface area contributed by atoms with E-state index in [4.69, 9.17) is 5.73 Å². The predicted molar refractivity (Wildman–Crippen MR) is 66.9 cm³/mol. The average molecular weight is 260 g/mol. The van der Waals surface area contributed by atoms with Crippen molar-refractivity contribution in [2.75, 3.05) is 5.75 Å². The van der Waals surface area contributed by atoms with Gasteiger partial charge in [-0.1, -0.05) is 0 Å². The van der Waals surface area contributed by atoms with Gasteiger partial charge in [0.05, 0.1) is 17.2 Å². The van der Waals surface area contributed by atoms with E-state index in [9.17, 15) is 13.2 Å². The Labute approximate surface area is 102 Å². The Balaban J connectivity index is 2.73. The van der Waals surface area contributed by atoms with E-state index in [1.54, 1.807) is 27.7 Å². The van der Waals surface area contributed by atoms with Crippen molar-refractivity contribution < 1.29 is 13.2 Å². The Bertz CT molecular complexity index is 444. The zero-order valence-corrected chi connectivity index (χ0v) is 11.5. The minimum atomic E-state index is -3.15. The van der Waals surface area contributed by atoms with Crippen LogP contribution in [0.2, 0.25) is 0 Å². The summed E-state index contributed by atoms with van der Waals surface area (Å²) in [6.45, 7) is 7.03. The Kier molecular flexibility index (Phi) is 3.42. The van der Waals surface area contributed by atoms with Crippen LogP contribution in [0.4, 0.5) is 0 Å². The first-order chi connectivity index (χ1) is 7.46. The number of carbonyl (C=O) groups is 1. The fourth-order valence-corrected chi connectivity index (χ4v) is 2.54. The van der Waals surface area contributed by atoms with Gasteiger partial charge in [-0.3, -0.25) is 4.79 Å². The first-order valence-electron chi connectivity index (χ1n) is 5.46. The number of nitrogens with two attached hydrogens (primary N) is 1. The van der Waals surface area contributed by atoms with E-state index in [1.165, 1.54) is 6.08 Å². The van der Waals surface area contributed by atoms with Crippen molar-refractivity contribution in [2.45, 2.75) is 39.3 Å². The molecule has 17 heavy (non-hydrogen) atoms.